The number of methoxy groups -OCH3 is 2. The highest BCUT2D eigenvalue weighted by Crippen LogP contribution is 2.33. The summed E-state index contributed by atoms with van der Waals surface area (Å²) in [5, 5.41) is 15.3. The van der Waals surface area contributed by atoms with Crippen molar-refractivity contribution in [3.63, 3.8) is 0 Å². The number of ether oxygens (including phenoxy) is 3. The third kappa shape index (κ3) is 5.06. The Bertz CT molecular complexity index is 921. The maximum atomic E-state index is 11.2. The summed E-state index contributed by atoms with van der Waals surface area (Å²) in [5.41, 5.74) is 2.91. The standard InChI is InChI=1S/C16H18BrN7O5/c1-27-13-10(7-11(17)8-12(13)24(25)26)9-18-22-14-19-15(21-16(20-14)28-2)23-3-5-29-6-4-23/h7-9H,3-6H2,1-2H3,(H,19,20,21,22)/b18-9-. The molecule has 0 radical (unpaired) electrons. The van der Waals surface area contributed by atoms with Crippen molar-refractivity contribution in [3.05, 3.63) is 32.3 Å². The van der Waals surface area contributed by atoms with Crippen LogP contribution in [0.25, 0.3) is 0 Å². The van der Waals surface area contributed by atoms with Gasteiger partial charge in [-0.15, -0.1) is 0 Å². The van der Waals surface area contributed by atoms with E-state index in [0.717, 1.165) is 0 Å². The fourth-order valence-corrected chi connectivity index (χ4v) is 3.07. The molecule has 0 atom stereocenters. The van der Waals surface area contributed by atoms with Gasteiger partial charge >= 0.3 is 11.7 Å². The van der Waals surface area contributed by atoms with Crippen LogP contribution in [-0.2, 0) is 4.74 Å². The van der Waals surface area contributed by atoms with Gasteiger partial charge in [-0.2, -0.15) is 20.1 Å². The lowest BCUT2D eigenvalue weighted by Gasteiger charge is -2.26. The highest BCUT2D eigenvalue weighted by molar-refractivity contribution is 9.10. The normalized spacial score (nSPS) is 14.1. The van der Waals surface area contributed by atoms with Gasteiger partial charge in [0.1, 0.15) is 0 Å². The van der Waals surface area contributed by atoms with E-state index in [1.807, 2.05) is 4.90 Å². The van der Waals surface area contributed by atoms with Crippen LogP contribution >= 0.6 is 15.9 Å². The van der Waals surface area contributed by atoms with Crippen molar-refractivity contribution in [2.75, 3.05) is 50.8 Å². The van der Waals surface area contributed by atoms with Crippen LogP contribution < -0.4 is 19.8 Å². The minimum absolute atomic E-state index is 0.0889. The van der Waals surface area contributed by atoms with Crippen molar-refractivity contribution >= 4 is 39.7 Å². The lowest BCUT2D eigenvalue weighted by molar-refractivity contribution is -0.385. The zero-order valence-corrected chi connectivity index (χ0v) is 17.2. The molecule has 0 spiro atoms. The van der Waals surface area contributed by atoms with Crippen molar-refractivity contribution < 1.29 is 19.1 Å². The van der Waals surface area contributed by atoms with E-state index in [9.17, 15) is 10.1 Å². The first-order valence-electron chi connectivity index (χ1n) is 8.45. The van der Waals surface area contributed by atoms with E-state index in [-0.39, 0.29) is 23.4 Å². The van der Waals surface area contributed by atoms with Gasteiger partial charge < -0.3 is 19.1 Å². The molecule has 154 valence electrons. The average molecular weight is 468 g/mol. The van der Waals surface area contributed by atoms with Crippen molar-refractivity contribution in [3.8, 4) is 11.8 Å². The van der Waals surface area contributed by atoms with Crippen molar-refractivity contribution in [1.29, 1.82) is 0 Å². The van der Waals surface area contributed by atoms with Gasteiger partial charge in [-0.05, 0) is 6.07 Å². The van der Waals surface area contributed by atoms with Gasteiger partial charge in [0, 0.05) is 29.2 Å². The van der Waals surface area contributed by atoms with Crippen LogP contribution in [0, 0.1) is 10.1 Å². The zero-order chi connectivity index (χ0) is 20.8. The van der Waals surface area contributed by atoms with Gasteiger partial charge in [0.2, 0.25) is 11.7 Å². The Morgan fingerprint density at radius 1 is 1.28 bits per heavy atom. The molecule has 1 fully saturated rings. The Morgan fingerprint density at radius 2 is 2.03 bits per heavy atom. The third-order valence-corrected chi connectivity index (χ3v) is 4.37. The van der Waals surface area contributed by atoms with Crippen molar-refractivity contribution in [2.24, 2.45) is 5.10 Å². The summed E-state index contributed by atoms with van der Waals surface area (Å²) in [7, 11) is 2.81. The molecule has 1 aromatic heterocycles. The highest BCUT2D eigenvalue weighted by atomic mass is 79.9. The van der Waals surface area contributed by atoms with Crippen LogP contribution in [0.2, 0.25) is 0 Å². The quantitative estimate of drug-likeness (QED) is 0.364. The molecule has 3 rings (SSSR count). The molecular formula is C16H18BrN7O5. The van der Waals surface area contributed by atoms with E-state index < -0.39 is 4.92 Å². The molecule has 0 bridgehead atoms. The number of morpholine rings is 1. The SMILES string of the molecule is COc1nc(N/N=C\c2cc(Br)cc([N+](=O)[O-])c2OC)nc(N2CCOCC2)n1. The zero-order valence-electron chi connectivity index (χ0n) is 15.7. The molecule has 1 saturated heterocycles. The van der Waals surface area contributed by atoms with Crippen LogP contribution in [0.4, 0.5) is 17.6 Å². The number of hydrogen-bond donors (Lipinski definition) is 1. The molecule has 0 amide bonds. The first-order valence-corrected chi connectivity index (χ1v) is 9.25. The fourth-order valence-electron chi connectivity index (χ4n) is 2.61. The van der Waals surface area contributed by atoms with Crippen LogP contribution in [-0.4, -0.2) is 66.6 Å². The average Bonchev–Trinajstić information content (AvgIpc) is 2.73. The van der Waals surface area contributed by atoms with Gasteiger partial charge in [-0.3, -0.25) is 10.1 Å². The van der Waals surface area contributed by atoms with Crippen molar-refractivity contribution in [1.82, 2.24) is 15.0 Å². The Balaban J connectivity index is 1.84. The monoisotopic (exact) mass is 467 g/mol. The summed E-state index contributed by atoms with van der Waals surface area (Å²) < 4.78 is 16.2. The van der Waals surface area contributed by atoms with Crippen LogP contribution in [0.5, 0.6) is 11.8 Å². The lowest BCUT2D eigenvalue weighted by atomic mass is 10.2. The molecule has 2 aromatic rings. The lowest BCUT2D eigenvalue weighted by Crippen LogP contribution is -2.37. The van der Waals surface area contributed by atoms with E-state index >= 15 is 0 Å². The molecule has 0 saturated carbocycles. The predicted molar refractivity (Wildman–Crippen MR) is 108 cm³/mol. The Labute approximate surface area is 174 Å². The summed E-state index contributed by atoms with van der Waals surface area (Å²) in [4.78, 5) is 25.3. The second-order valence-electron chi connectivity index (χ2n) is 5.72. The second kappa shape index (κ2) is 9.43. The number of nitro benzene ring substituents is 1. The van der Waals surface area contributed by atoms with Crippen molar-refractivity contribution in [2.45, 2.75) is 0 Å². The topological polar surface area (TPSA) is 137 Å². The number of nitro groups is 1. The van der Waals surface area contributed by atoms with Crippen LogP contribution in [0.3, 0.4) is 0 Å². The van der Waals surface area contributed by atoms with Crippen LogP contribution in [0.1, 0.15) is 5.56 Å². The number of benzene rings is 1. The molecule has 1 aromatic carbocycles. The Morgan fingerprint density at radius 3 is 2.69 bits per heavy atom. The molecule has 1 N–H and O–H groups in total. The van der Waals surface area contributed by atoms with E-state index in [1.54, 1.807) is 6.07 Å². The molecule has 12 nitrogen and oxygen atoms in total. The molecule has 1 aliphatic heterocycles. The second-order valence-corrected chi connectivity index (χ2v) is 6.64. The summed E-state index contributed by atoms with van der Waals surface area (Å²) in [5.74, 6) is 0.692. The molecule has 29 heavy (non-hydrogen) atoms. The summed E-state index contributed by atoms with van der Waals surface area (Å²) in [6.07, 6.45) is 1.38. The van der Waals surface area contributed by atoms with Gasteiger partial charge in [0.25, 0.3) is 5.95 Å². The van der Waals surface area contributed by atoms with E-state index in [0.29, 0.717) is 42.3 Å². The Hall–Kier alpha value is -3.06. The molecule has 0 unspecified atom stereocenters. The molecule has 2 heterocycles. The van der Waals surface area contributed by atoms with E-state index in [2.05, 4.69) is 41.4 Å². The molecular weight excluding hydrogens is 450 g/mol. The van der Waals surface area contributed by atoms with E-state index in [1.165, 1.54) is 26.5 Å². The molecule has 0 aliphatic carbocycles. The fraction of sp³-hybridized carbons (Fsp3) is 0.375. The number of nitrogens with one attached hydrogen (secondary N) is 1. The minimum atomic E-state index is -0.528. The maximum absolute atomic E-state index is 11.2. The smallest absolute Gasteiger partial charge is 0.322 e. The summed E-state index contributed by atoms with van der Waals surface area (Å²) >= 11 is 3.25. The van der Waals surface area contributed by atoms with Crippen LogP contribution in [0.15, 0.2) is 21.7 Å². The molecule has 1 aliphatic rings. The van der Waals surface area contributed by atoms with Gasteiger partial charge in [0.05, 0.1) is 38.6 Å². The first-order chi connectivity index (χ1) is 14.0. The minimum Gasteiger partial charge on any atom is -0.490 e. The maximum Gasteiger partial charge on any atom is 0.322 e. The number of anilines is 2. The van der Waals surface area contributed by atoms with E-state index in [4.69, 9.17) is 14.2 Å². The van der Waals surface area contributed by atoms with Gasteiger partial charge in [-0.1, -0.05) is 15.9 Å². The van der Waals surface area contributed by atoms with Gasteiger partial charge in [-0.25, -0.2) is 5.43 Å². The number of hydrazone groups is 1. The third-order valence-electron chi connectivity index (χ3n) is 3.91. The number of rotatable bonds is 7. The summed E-state index contributed by atoms with van der Waals surface area (Å²) in [6, 6.07) is 3.13. The number of hydrogen-bond acceptors (Lipinski definition) is 11. The molecule has 13 heteroatoms. The first kappa shape index (κ1) is 20.7. The number of nitrogens with zero attached hydrogens (tertiary/aromatic N) is 6. The predicted octanol–water partition coefficient (Wildman–Crippen LogP) is 1.84. The largest absolute Gasteiger partial charge is 0.490 e. The summed E-state index contributed by atoms with van der Waals surface area (Å²) in [6.45, 7) is 2.45. The highest BCUT2D eigenvalue weighted by Gasteiger charge is 2.20. The number of aromatic nitrogens is 3. The number of halogens is 1. The Kier molecular flexibility index (Phi) is 6.72. The van der Waals surface area contributed by atoms with Gasteiger partial charge in [0.15, 0.2) is 0 Å².